The molecule has 0 saturated heterocycles. The number of carbonyl (C=O) groups excluding carboxylic acids is 2. The van der Waals surface area contributed by atoms with E-state index in [0.717, 1.165) is 5.56 Å². The van der Waals surface area contributed by atoms with Crippen molar-refractivity contribution in [3.63, 3.8) is 0 Å². The molecule has 2 aliphatic carbocycles. The second kappa shape index (κ2) is 6.25. The van der Waals surface area contributed by atoms with Crippen molar-refractivity contribution in [2.24, 2.45) is 5.41 Å². The van der Waals surface area contributed by atoms with Gasteiger partial charge in [-0.3, -0.25) is 8.98 Å². The maximum absolute atomic E-state index is 12.8. The van der Waals surface area contributed by atoms with Gasteiger partial charge in [0.25, 0.3) is 10.1 Å². The van der Waals surface area contributed by atoms with E-state index in [1.165, 1.54) is 12.1 Å². The standard InChI is InChI=1S/C21H20O6S/c1-12-4-6-14(7-5-12)28(24,25)27-19-9-8-17(22)16-10-15-13(2)20(23)26-18(15)11-21(16,19)3/h4-7,10-11,19H,8-9H2,1-3H3/t19-,21-/m1/s1. The van der Waals surface area contributed by atoms with Crippen LogP contribution in [0.2, 0.25) is 0 Å². The van der Waals surface area contributed by atoms with Gasteiger partial charge in [-0.25, -0.2) is 4.79 Å². The van der Waals surface area contributed by atoms with Gasteiger partial charge < -0.3 is 4.74 Å². The highest BCUT2D eigenvalue weighted by atomic mass is 32.2. The molecule has 0 N–H and O–H groups in total. The smallest absolute Gasteiger partial charge is 0.339 e. The van der Waals surface area contributed by atoms with Crippen LogP contribution in [0, 0.1) is 12.3 Å². The van der Waals surface area contributed by atoms with Crippen LogP contribution in [0.5, 0.6) is 0 Å². The summed E-state index contributed by atoms with van der Waals surface area (Å²) in [6.07, 6.45) is 2.95. The van der Waals surface area contributed by atoms with Gasteiger partial charge in [0.15, 0.2) is 5.78 Å². The summed E-state index contributed by atoms with van der Waals surface area (Å²) in [5.74, 6) is -0.188. The van der Waals surface area contributed by atoms with E-state index in [1.54, 1.807) is 38.1 Å². The zero-order valence-corrected chi connectivity index (χ0v) is 16.6. The molecule has 0 bridgehead atoms. The van der Waals surface area contributed by atoms with E-state index in [2.05, 4.69) is 0 Å². The fraction of sp³-hybridized carbons (Fsp3) is 0.333. The Labute approximate surface area is 163 Å². The van der Waals surface area contributed by atoms with E-state index in [-0.39, 0.29) is 23.5 Å². The first-order valence-corrected chi connectivity index (χ1v) is 10.4. The van der Waals surface area contributed by atoms with E-state index < -0.39 is 27.6 Å². The SMILES string of the molecule is CC1=C2C=C3C(=O)CC[C@@H](OS(=O)(=O)c4ccc(C)cc4)[C@]3(C)C=C2OC1=O. The van der Waals surface area contributed by atoms with Crippen LogP contribution in [-0.2, 0) is 28.6 Å². The van der Waals surface area contributed by atoms with Gasteiger partial charge in [-0.1, -0.05) is 17.7 Å². The second-order valence-electron chi connectivity index (χ2n) is 7.59. The summed E-state index contributed by atoms with van der Waals surface area (Å²) < 4.78 is 36.5. The van der Waals surface area contributed by atoms with Crippen LogP contribution < -0.4 is 0 Å². The molecule has 0 amide bonds. The minimum Gasteiger partial charge on any atom is -0.423 e. The van der Waals surface area contributed by atoms with Crippen LogP contribution in [-0.4, -0.2) is 26.3 Å². The largest absolute Gasteiger partial charge is 0.423 e. The molecule has 1 fully saturated rings. The molecule has 0 radical (unpaired) electrons. The van der Waals surface area contributed by atoms with Crippen LogP contribution >= 0.6 is 0 Å². The Hall–Kier alpha value is -2.51. The molecule has 2 atom stereocenters. The summed E-state index contributed by atoms with van der Waals surface area (Å²) in [5, 5.41) is 0. The lowest BCUT2D eigenvalue weighted by atomic mass is 9.66. The van der Waals surface area contributed by atoms with Gasteiger partial charge in [-0.05, 0) is 51.5 Å². The molecule has 0 unspecified atom stereocenters. The summed E-state index contributed by atoms with van der Waals surface area (Å²) in [4.78, 5) is 24.5. The molecule has 6 nitrogen and oxygen atoms in total. The van der Waals surface area contributed by atoms with Crippen molar-refractivity contribution < 1.29 is 26.9 Å². The first-order valence-electron chi connectivity index (χ1n) is 9.03. The third kappa shape index (κ3) is 2.86. The van der Waals surface area contributed by atoms with Crippen molar-refractivity contribution in [3.05, 3.63) is 64.5 Å². The minimum atomic E-state index is -4.01. The average molecular weight is 400 g/mol. The number of hydrogen-bond acceptors (Lipinski definition) is 6. The number of benzene rings is 1. The number of esters is 1. The van der Waals surface area contributed by atoms with Gasteiger partial charge in [0, 0.05) is 28.6 Å². The van der Waals surface area contributed by atoms with Crippen molar-refractivity contribution >= 4 is 21.9 Å². The van der Waals surface area contributed by atoms with E-state index in [1.807, 2.05) is 6.92 Å². The molecule has 1 aromatic rings. The fourth-order valence-electron chi connectivity index (χ4n) is 3.87. The molecule has 146 valence electrons. The molecule has 4 rings (SSSR count). The lowest BCUT2D eigenvalue weighted by Gasteiger charge is -2.41. The Kier molecular flexibility index (Phi) is 4.21. The first kappa shape index (κ1) is 18.8. The number of Topliss-reactive ketones (excluding diaryl/α,β-unsaturated/α-hetero) is 1. The van der Waals surface area contributed by atoms with E-state index in [4.69, 9.17) is 8.92 Å². The van der Waals surface area contributed by atoms with Crippen molar-refractivity contribution in [1.29, 1.82) is 0 Å². The third-order valence-electron chi connectivity index (χ3n) is 5.63. The summed E-state index contributed by atoms with van der Waals surface area (Å²) in [6.45, 7) is 5.25. The number of allylic oxidation sites excluding steroid dienone is 1. The van der Waals surface area contributed by atoms with Crippen LogP contribution in [0.4, 0.5) is 0 Å². The summed E-state index contributed by atoms with van der Waals surface area (Å²) in [6, 6.07) is 6.40. The maximum atomic E-state index is 12.8. The van der Waals surface area contributed by atoms with Gasteiger partial charge in [0.1, 0.15) is 5.76 Å². The number of carbonyl (C=O) groups is 2. The van der Waals surface area contributed by atoms with E-state index in [9.17, 15) is 18.0 Å². The second-order valence-corrected chi connectivity index (χ2v) is 9.16. The fourth-order valence-corrected chi connectivity index (χ4v) is 5.05. The number of hydrogen-bond donors (Lipinski definition) is 0. The number of fused-ring (bicyclic) bond motifs is 2. The molecule has 0 spiro atoms. The quantitative estimate of drug-likeness (QED) is 0.572. The first-order chi connectivity index (χ1) is 13.1. The van der Waals surface area contributed by atoms with Gasteiger partial charge in [0.2, 0.25) is 0 Å². The number of ether oxygens (including phenoxy) is 1. The summed E-state index contributed by atoms with van der Waals surface area (Å²) >= 11 is 0. The van der Waals surface area contributed by atoms with Gasteiger partial charge in [-0.2, -0.15) is 8.42 Å². The monoisotopic (exact) mass is 400 g/mol. The van der Waals surface area contributed by atoms with Crippen LogP contribution in [0.25, 0.3) is 0 Å². The summed E-state index contributed by atoms with van der Waals surface area (Å²) in [7, 11) is -4.01. The number of aryl methyl sites for hydroxylation is 1. The lowest BCUT2D eigenvalue weighted by Crippen LogP contribution is -2.44. The normalized spacial score (nSPS) is 27.0. The Morgan fingerprint density at radius 1 is 1.14 bits per heavy atom. The minimum absolute atomic E-state index is 0.0660. The number of ketones is 1. The molecule has 1 saturated carbocycles. The molecular weight excluding hydrogens is 380 g/mol. The average Bonchev–Trinajstić information content (AvgIpc) is 2.90. The van der Waals surface area contributed by atoms with Crippen LogP contribution in [0.1, 0.15) is 32.3 Å². The highest BCUT2D eigenvalue weighted by Crippen LogP contribution is 2.49. The molecule has 0 aromatic heterocycles. The van der Waals surface area contributed by atoms with Crippen molar-refractivity contribution in [2.45, 2.75) is 44.6 Å². The highest BCUT2D eigenvalue weighted by Gasteiger charge is 2.49. The van der Waals surface area contributed by atoms with Crippen LogP contribution in [0.15, 0.2) is 63.8 Å². The maximum Gasteiger partial charge on any atom is 0.339 e. The van der Waals surface area contributed by atoms with Gasteiger partial charge in [0.05, 0.1) is 11.0 Å². The zero-order chi connectivity index (χ0) is 20.3. The topological polar surface area (TPSA) is 86.7 Å². The molecule has 1 aromatic carbocycles. The van der Waals surface area contributed by atoms with Gasteiger partial charge >= 0.3 is 5.97 Å². The molecule has 3 aliphatic rings. The molecular formula is C21H20O6S. The Morgan fingerprint density at radius 3 is 2.50 bits per heavy atom. The Morgan fingerprint density at radius 2 is 1.82 bits per heavy atom. The Balaban J connectivity index is 1.73. The van der Waals surface area contributed by atoms with Crippen molar-refractivity contribution in [1.82, 2.24) is 0 Å². The molecule has 7 heteroatoms. The van der Waals surface area contributed by atoms with Crippen molar-refractivity contribution in [2.75, 3.05) is 0 Å². The predicted octanol–water partition coefficient (Wildman–Crippen LogP) is 3.14. The summed E-state index contributed by atoms with van der Waals surface area (Å²) in [5.41, 5.74) is 1.39. The van der Waals surface area contributed by atoms with Crippen LogP contribution in [0.3, 0.4) is 0 Å². The predicted molar refractivity (Wildman–Crippen MR) is 101 cm³/mol. The van der Waals surface area contributed by atoms with E-state index >= 15 is 0 Å². The lowest BCUT2D eigenvalue weighted by molar-refractivity contribution is -0.133. The van der Waals surface area contributed by atoms with Gasteiger partial charge in [-0.15, -0.1) is 0 Å². The van der Waals surface area contributed by atoms with E-state index in [0.29, 0.717) is 22.5 Å². The Bertz CT molecular complexity index is 1090. The zero-order valence-electron chi connectivity index (χ0n) is 15.8. The molecule has 28 heavy (non-hydrogen) atoms. The molecule has 1 aliphatic heterocycles. The third-order valence-corrected chi connectivity index (χ3v) is 6.97. The molecule has 1 heterocycles. The highest BCUT2D eigenvalue weighted by molar-refractivity contribution is 7.86. The number of rotatable bonds is 3. The van der Waals surface area contributed by atoms with Crippen molar-refractivity contribution in [3.8, 4) is 0 Å².